The minimum atomic E-state index is 0.245. The van der Waals surface area contributed by atoms with Crippen LogP contribution in [0.25, 0.3) is 0 Å². The van der Waals surface area contributed by atoms with E-state index >= 15 is 0 Å². The third kappa shape index (κ3) is 1.23. The molecule has 2 rings (SSSR count). The second-order valence-electron chi connectivity index (χ2n) is 2.93. The van der Waals surface area contributed by atoms with Crippen molar-refractivity contribution in [2.24, 2.45) is 0 Å². The lowest BCUT2D eigenvalue weighted by Gasteiger charge is -2.02. The van der Waals surface area contributed by atoms with E-state index in [0.29, 0.717) is 5.78 Å². The van der Waals surface area contributed by atoms with Crippen LogP contribution in [0.15, 0.2) is 17.5 Å². The molecule has 1 aromatic rings. The van der Waals surface area contributed by atoms with Crippen molar-refractivity contribution in [2.75, 3.05) is 0 Å². The molecule has 1 heterocycles. The summed E-state index contributed by atoms with van der Waals surface area (Å²) in [4.78, 5) is 12.5. The van der Waals surface area contributed by atoms with E-state index in [1.807, 2.05) is 11.4 Å². The molecule has 1 aliphatic carbocycles. The highest BCUT2D eigenvalue weighted by Gasteiger charge is 2.26. The number of rotatable bonds is 1. The second-order valence-corrected chi connectivity index (χ2v) is 3.91. The fourth-order valence-corrected chi connectivity index (χ4v) is 2.49. The maximum atomic E-state index is 11.3. The third-order valence-electron chi connectivity index (χ3n) is 2.19. The smallest absolute Gasteiger partial charge is 0.141 e. The molecule has 1 nitrogen and oxygen atoms in total. The maximum absolute atomic E-state index is 11.3. The van der Waals surface area contributed by atoms with E-state index in [-0.39, 0.29) is 5.92 Å². The lowest BCUT2D eigenvalue weighted by atomic mass is 10.1. The molecule has 0 spiro atoms. The van der Waals surface area contributed by atoms with Crippen LogP contribution < -0.4 is 0 Å². The highest BCUT2D eigenvalue weighted by molar-refractivity contribution is 7.10. The van der Waals surface area contributed by atoms with Gasteiger partial charge in [-0.25, -0.2) is 0 Å². The van der Waals surface area contributed by atoms with Crippen molar-refractivity contribution >= 4 is 17.1 Å². The molecule has 2 heteroatoms. The lowest BCUT2D eigenvalue weighted by molar-refractivity contribution is -0.118. The van der Waals surface area contributed by atoms with Gasteiger partial charge in [-0.05, 0) is 24.3 Å². The average molecular weight is 166 g/mol. The van der Waals surface area contributed by atoms with Gasteiger partial charge in [0.05, 0.1) is 5.92 Å². The number of thiophene rings is 1. The predicted octanol–water partition coefficient (Wildman–Crippen LogP) is 2.58. The van der Waals surface area contributed by atoms with Gasteiger partial charge < -0.3 is 0 Å². The summed E-state index contributed by atoms with van der Waals surface area (Å²) in [5.41, 5.74) is 0. The van der Waals surface area contributed by atoms with Crippen molar-refractivity contribution in [2.45, 2.75) is 25.2 Å². The van der Waals surface area contributed by atoms with Crippen molar-refractivity contribution in [1.82, 2.24) is 0 Å². The molecule has 0 amide bonds. The molecule has 0 N–H and O–H groups in total. The molecule has 1 aromatic heterocycles. The predicted molar refractivity (Wildman–Crippen MR) is 45.9 cm³/mol. The number of hydrogen-bond acceptors (Lipinski definition) is 2. The summed E-state index contributed by atoms with van der Waals surface area (Å²) in [6, 6.07) is 4.09. The Hall–Kier alpha value is -0.630. The summed E-state index contributed by atoms with van der Waals surface area (Å²) in [6.07, 6.45) is 2.95. The van der Waals surface area contributed by atoms with Gasteiger partial charge in [0.25, 0.3) is 0 Å². The van der Waals surface area contributed by atoms with Crippen LogP contribution in [-0.4, -0.2) is 5.78 Å². The highest BCUT2D eigenvalue weighted by Crippen LogP contribution is 2.33. The molecular formula is C9H10OS. The van der Waals surface area contributed by atoms with E-state index in [0.717, 1.165) is 19.3 Å². The number of carbonyl (C=O) groups excluding carboxylic acids is 1. The SMILES string of the molecule is O=C1CCCC1c1cccs1. The van der Waals surface area contributed by atoms with Gasteiger partial charge in [-0.15, -0.1) is 11.3 Å². The minimum absolute atomic E-state index is 0.245. The molecule has 0 saturated heterocycles. The van der Waals surface area contributed by atoms with Crippen molar-refractivity contribution in [1.29, 1.82) is 0 Å². The molecule has 0 radical (unpaired) electrons. The molecule has 0 bridgehead atoms. The molecule has 1 fully saturated rings. The highest BCUT2D eigenvalue weighted by atomic mass is 32.1. The molecule has 1 unspecified atom stereocenters. The van der Waals surface area contributed by atoms with Crippen LogP contribution in [0.3, 0.4) is 0 Å². The van der Waals surface area contributed by atoms with Crippen LogP contribution in [0.2, 0.25) is 0 Å². The van der Waals surface area contributed by atoms with E-state index in [1.165, 1.54) is 4.88 Å². The van der Waals surface area contributed by atoms with Gasteiger partial charge in [0.1, 0.15) is 5.78 Å². The van der Waals surface area contributed by atoms with E-state index in [4.69, 9.17) is 0 Å². The first-order chi connectivity index (χ1) is 5.38. The van der Waals surface area contributed by atoms with Crippen LogP contribution in [-0.2, 0) is 4.79 Å². The molecular weight excluding hydrogens is 156 g/mol. The molecule has 1 saturated carbocycles. The molecule has 58 valence electrons. The fourth-order valence-electron chi connectivity index (χ4n) is 1.61. The van der Waals surface area contributed by atoms with Crippen LogP contribution >= 0.6 is 11.3 Å². The summed E-state index contributed by atoms with van der Waals surface area (Å²) < 4.78 is 0. The van der Waals surface area contributed by atoms with E-state index in [2.05, 4.69) is 6.07 Å². The monoisotopic (exact) mass is 166 g/mol. The molecule has 1 atom stereocenters. The first-order valence-electron chi connectivity index (χ1n) is 3.94. The Morgan fingerprint density at radius 1 is 1.55 bits per heavy atom. The first kappa shape index (κ1) is 7.04. The zero-order valence-corrected chi connectivity index (χ0v) is 7.06. The zero-order valence-electron chi connectivity index (χ0n) is 6.25. The summed E-state index contributed by atoms with van der Waals surface area (Å²) in [6.45, 7) is 0. The van der Waals surface area contributed by atoms with Crippen LogP contribution in [0.4, 0.5) is 0 Å². The van der Waals surface area contributed by atoms with Gasteiger partial charge in [0.2, 0.25) is 0 Å². The Bertz CT molecular complexity index is 251. The van der Waals surface area contributed by atoms with Gasteiger partial charge >= 0.3 is 0 Å². The Morgan fingerprint density at radius 2 is 2.45 bits per heavy atom. The van der Waals surface area contributed by atoms with Crippen molar-refractivity contribution in [3.8, 4) is 0 Å². The third-order valence-corrected chi connectivity index (χ3v) is 3.18. The summed E-state index contributed by atoms with van der Waals surface area (Å²) in [5, 5.41) is 2.04. The van der Waals surface area contributed by atoms with E-state index in [1.54, 1.807) is 11.3 Å². The molecule has 0 aliphatic heterocycles. The summed E-state index contributed by atoms with van der Waals surface area (Å²) in [5.74, 6) is 0.683. The number of ketones is 1. The van der Waals surface area contributed by atoms with Gasteiger partial charge in [-0.1, -0.05) is 6.07 Å². The van der Waals surface area contributed by atoms with Gasteiger partial charge in [0.15, 0.2) is 0 Å². The normalized spacial score (nSPS) is 24.4. The Kier molecular flexibility index (Phi) is 1.78. The standard InChI is InChI=1S/C9H10OS/c10-8-4-1-3-7(8)9-5-2-6-11-9/h2,5-7H,1,3-4H2. The Balaban J connectivity index is 2.23. The largest absolute Gasteiger partial charge is 0.299 e. The minimum Gasteiger partial charge on any atom is -0.299 e. The van der Waals surface area contributed by atoms with Crippen molar-refractivity contribution in [3.63, 3.8) is 0 Å². The number of Topliss-reactive ketones (excluding diaryl/α,β-unsaturated/α-hetero) is 1. The zero-order chi connectivity index (χ0) is 7.68. The van der Waals surface area contributed by atoms with E-state index < -0.39 is 0 Å². The van der Waals surface area contributed by atoms with Gasteiger partial charge in [-0.2, -0.15) is 0 Å². The summed E-state index contributed by atoms with van der Waals surface area (Å²) >= 11 is 1.70. The molecule has 0 aromatic carbocycles. The quantitative estimate of drug-likeness (QED) is 0.626. The van der Waals surface area contributed by atoms with Crippen molar-refractivity contribution < 1.29 is 4.79 Å². The van der Waals surface area contributed by atoms with Gasteiger partial charge in [0, 0.05) is 11.3 Å². The maximum Gasteiger partial charge on any atom is 0.141 e. The van der Waals surface area contributed by atoms with Crippen LogP contribution in [0.1, 0.15) is 30.1 Å². The van der Waals surface area contributed by atoms with Crippen LogP contribution in [0, 0.1) is 0 Å². The topological polar surface area (TPSA) is 17.1 Å². The Morgan fingerprint density at radius 3 is 3.00 bits per heavy atom. The first-order valence-corrected chi connectivity index (χ1v) is 4.82. The summed E-state index contributed by atoms with van der Waals surface area (Å²) in [7, 11) is 0. The van der Waals surface area contributed by atoms with Gasteiger partial charge in [-0.3, -0.25) is 4.79 Å². The second kappa shape index (κ2) is 2.78. The Labute approximate surface area is 70.1 Å². The van der Waals surface area contributed by atoms with Crippen LogP contribution in [0.5, 0.6) is 0 Å². The molecule has 1 aliphatic rings. The van der Waals surface area contributed by atoms with E-state index in [9.17, 15) is 4.79 Å². The number of hydrogen-bond donors (Lipinski definition) is 0. The van der Waals surface area contributed by atoms with Crippen molar-refractivity contribution in [3.05, 3.63) is 22.4 Å². The lowest BCUT2D eigenvalue weighted by Crippen LogP contribution is -2.01. The number of carbonyl (C=O) groups is 1. The average Bonchev–Trinajstić information content (AvgIpc) is 2.55. The molecule has 11 heavy (non-hydrogen) atoms. The fraction of sp³-hybridized carbons (Fsp3) is 0.444.